The highest BCUT2D eigenvalue weighted by atomic mass is 15.3. The van der Waals surface area contributed by atoms with Crippen LogP contribution in [0.1, 0.15) is 30.8 Å². The average Bonchev–Trinajstić information content (AvgIpc) is 2.82. The minimum atomic E-state index is 0.567. The molecular weight excluding hydrogens is 210 g/mol. The molecule has 1 heterocycles. The van der Waals surface area contributed by atoms with Crippen molar-refractivity contribution in [2.24, 2.45) is 5.73 Å². The van der Waals surface area contributed by atoms with Crippen LogP contribution in [-0.4, -0.2) is 9.78 Å². The maximum atomic E-state index is 5.67. The molecule has 0 radical (unpaired) electrons. The lowest BCUT2D eigenvalue weighted by Gasteiger charge is -2.07. The second kappa shape index (κ2) is 5.15. The molecule has 0 saturated heterocycles. The molecule has 0 amide bonds. The molecule has 3 heteroatoms. The van der Waals surface area contributed by atoms with E-state index in [4.69, 9.17) is 5.73 Å². The van der Waals surface area contributed by atoms with Crippen molar-refractivity contribution in [3.05, 3.63) is 47.3 Å². The van der Waals surface area contributed by atoms with E-state index in [1.54, 1.807) is 0 Å². The number of benzene rings is 1. The zero-order valence-electron chi connectivity index (χ0n) is 10.5. The predicted octanol–water partition coefficient (Wildman–Crippen LogP) is 2.46. The van der Waals surface area contributed by atoms with Gasteiger partial charge < -0.3 is 5.73 Å². The SMILES string of the molecule is CCc1cc(CC)n(-c2cccc(CN)c2)n1. The maximum absolute atomic E-state index is 5.67. The van der Waals surface area contributed by atoms with Gasteiger partial charge in [0, 0.05) is 12.2 Å². The van der Waals surface area contributed by atoms with Gasteiger partial charge >= 0.3 is 0 Å². The first-order valence-corrected chi connectivity index (χ1v) is 6.15. The minimum Gasteiger partial charge on any atom is -0.326 e. The summed E-state index contributed by atoms with van der Waals surface area (Å²) in [4.78, 5) is 0. The first-order valence-electron chi connectivity index (χ1n) is 6.15. The molecule has 0 spiro atoms. The van der Waals surface area contributed by atoms with Crippen LogP contribution >= 0.6 is 0 Å². The van der Waals surface area contributed by atoms with E-state index in [1.807, 2.05) is 16.8 Å². The molecule has 0 bridgehead atoms. The lowest BCUT2D eigenvalue weighted by Crippen LogP contribution is -2.03. The third-order valence-corrected chi connectivity index (χ3v) is 2.95. The van der Waals surface area contributed by atoms with Crippen molar-refractivity contribution in [1.82, 2.24) is 9.78 Å². The van der Waals surface area contributed by atoms with E-state index in [0.717, 1.165) is 29.8 Å². The molecule has 2 N–H and O–H groups in total. The quantitative estimate of drug-likeness (QED) is 0.875. The number of nitrogens with zero attached hydrogens (tertiary/aromatic N) is 2. The van der Waals surface area contributed by atoms with Crippen LogP contribution in [0.15, 0.2) is 30.3 Å². The maximum Gasteiger partial charge on any atom is 0.0652 e. The molecule has 0 atom stereocenters. The molecule has 0 aliphatic heterocycles. The summed E-state index contributed by atoms with van der Waals surface area (Å²) in [5.41, 5.74) is 10.3. The van der Waals surface area contributed by atoms with Crippen LogP contribution in [0.5, 0.6) is 0 Å². The Morgan fingerprint density at radius 2 is 2.00 bits per heavy atom. The molecule has 1 aromatic carbocycles. The number of hydrogen-bond donors (Lipinski definition) is 1. The Morgan fingerprint density at radius 1 is 1.18 bits per heavy atom. The lowest BCUT2D eigenvalue weighted by atomic mass is 10.2. The van der Waals surface area contributed by atoms with Crippen molar-refractivity contribution < 1.29 is 0 Å². The summed E-state index contributed by atoms with van der Waals surface area (Å²) in [7, 11) is 0. The van der Waals surface area contributed by atoms with Crippen LogP contribution in [0.4, 0.5) is 0 Å². The fourth-order valence-corrected chi connectivity index (χ4v) is 1.94. The van der Waals surface area contributed by atoms with Crippen LogP contribution in [0, 0.1) is 0 Å². The number of aryl methyl sites for hydroxylation is 2. The molecular formula is C14H19N3. The van der Waals surface area contributed by atoms with Crippen LogP contribution in [0.2, 0.25) is 0 Å². The fraction of sp³-hybridized carbons (Fsp3) is 0.357. The summed E-state index contributed by atoms with van der Waals surface area (Å²) in [5.74, 6) is 0. The van der Waals surface area contributed by atoms with E-state index in [2.05, 4.69) is 37.1 Å². The molecule has 0 aliphatic rings. The van der Waals surface area contributed by atoms with Crippen LogP contribution in [-0.2, 0) is 19.4 Å². The first-order chi connectivity index (χ1) is 8.28. The van der Waals surface area contributed by atoms with Crippen molar-refractivity contribution in [2.45, 2.75) is 33.2 Å². The molecule has 90 valence electrons. The van der Waals surface area contributed by atoms with Crippen LogP contribution in [0.25, 0.3) is 5.69 Å². The van der Waals surface area contributed by atoms with Crippen molar-refractivity contribution >= 4 is 0 Å². The molecule has 0 saturated carbocycles. The van der Waals surface area contributed by atoms with Crippen molar-refractivity contribution in [1.29, 1.82) is 0 Å². The Kier molecular flexibility index (Phi) is 3.59. The van der Waals surface area contributed by atoms with Gasteiger partial charge in [0.05, 0.1) is 11.4 Å². The highest BCUT2D eigenvalue weighted by Gasteiger charge is 2.07. The van der Waals surface area contributed by atoms with Crippen molar-refractivity contribution in [3.63, 3.8) is 0 Å². The van der Waals surface area contributed by atoms with E-state index in [1.165, 1.54) is 5.69 Å². The van der Waals surface area contributed by atoms with Gasteiger partial charge in [-0.3, -0.25) is 0 Å². The van der Waals surface area contributed by atoms with Crippen molar-refractivity contribution in [3.8, 4) is 5.69 Å². The molecule has 0 unspecified atom stereocenters. The van der Waals surface area contributed by atoms with Crippen LogP contribution in [0.3, 0.4) is 0 Å². The van der Waals surface area contributed by atoms with Gasteiger partial charge in [-0.05, 0) is 36.6 Å². The van der Waals surface area contributed by atoms with E-state index in [-0.39, 0.29) is 0 Å². The standard InChI is InChI=1S/C14H19N3/c1-3-12-9-13(4-2)17(16-12)14-7-5-6-11(8-14)10-15/h5-9H,3-4,10,15H2,1-2H3. The van der Waals surface area contributed by atoms with Gasteiger partial charge in [0.2, 0.25) is 0 Å². The van der Waals surface area contributed by atoms with Gasteiger partial charge in [0.25, 0.3) is 0 Å². The van der Waals surface area contributed by atoms with E-state index in [9.17, 15) is 0 Å². The van der Waals surface area contributed by atoms with E-state index >= 15 is 0 Å². The largest absolute Gasteiger partial charge is 0.326 e. The first kappa shape index (κ1) is 11.9. The Bertz CT molecular complexity index is 500. The molecule has 17 heavy (non-hydrogen) atoms. The monoisotopic (exact) mass is 229 g/mol. The fourth-order valence-electron chi connectivity index (χ4n) is 1.94. The topological polar surface area (TPSA) is 43.8 Å². The third-order valence-electron chi connectivity index (χ3n) is 2.95. The Labute approximate surface area is 102 Å². The highest BCUT2D eigenvalue weighted by Crippen LogP contribution is 2.15. The second-order valence-electron chi connectivity index (χ2n) is 4.12. The van der Waals surface area contributed by atoms with E-state index in [0.29, 0.717) is 6.54 Å². The van der Waals surface area contributed by atoms with E-state index < -0.39 is 0 Å². The minimum absolute atomic E-state index is 0.567. The molecule has 3 nitrogen and oxygen atoms in total. The van der Waals surface area contributed by atoms with Gasteiger partial charge in [-0.1, -0.05) is 26.0 Å². The Balaban J connectivity index is 2.47. The predicted molar refractivity (Wildman–Crippen MR) is 70.2 cm³/mol. The Hall–Kier alpha value is -1.61. The molecule has 2 rings (SSSR count). The summed E-state index contributed by atoms with van der Waals surface area (Å²) in [6, 6.07) is 10.4. The average molecular weight is 229 g/mol. The number of nitrogens with two attached hydrogens (primary N) is 1. The molecule has 0 aliphatic carbocycles. The third kappa shape index (κ3) is 2.39. The van der Waals surface area contributed by atoms with Crippen LogP contribution < -0.4 is 5.73 Å². The molecule has 1 aromatic heterocycles. The summed E-state index contributed by atoms with van der Waals surface area (Å²) < 4.78 is 2.03. The zero-order chi connectivity index (χ0) is 12.3. The normalized spacial score (nSPS) is 10.8. The van der Waals surface area contributed by atoms with Gasteiger partial charge in [-0.15, -0.1) is 0 Å². The van der Waals surface area contributed by atoms with Crippen molar-refractivity contribution in [2.75, 3.05) is 0 Å². The van der Waals surface area contributed by atoms with Gasteiger partial charge in [0.1, 0.15) is 0 Å². The summed E-state index contributed by atoms with van der Waals surface area (Å²) in [6.07, 6.45) is 1.95. The number of rotatable bonds is 4. The zero-order valence-corrected chi connectivity index (χ0v) is 10.5. The smallest absolute Gasteiger partial charge is 0.0652 e. The number of aromatic nitrogens is 2. The van der Waals surface area contributed by atoms with Gasteiger partial charge in [-0.25, -0.2) is 4.68 Å². The Morgan fingerprint density at radius 3 is 2.65 bits per heavy atom. The summed E-state index contributed by atoms with van der Waals surface area (Å²) in [5, 5.41) is 4.62. The van der Waals surface area contributed by atoms with Gasteiger partial charge in [0.15, 0.2) is 0 Å². The second-order valence-corrected chi connectivity index (χ2v) is 4.12. The summed E-state index contributed by atoms with van der Waals surface area (Å²) >= 11 is 0. The molecule has 0 fully saturated rings. The number of hydrogen-bond acceptors (Lipinski definition) is 2. The summed E-state index contributed by atoms with van der Waals surface area (Å²) in [6.45, 7) is 4.85. The van der Waals surface area contributed by atoms with Gasteiger partial charge in [-0.2, -0.15) is 5.10 Å². The highest BCUT2D eigenvalue weighted by molar-refractivity contribution is 5.37. The lowest BCUT2D eigenvalue weighted by molar-refractivity contribution is 0.792. The molecule has 2 aromatic rings.